The van der Waals surface area contributed by atoms with Crippen LogP contribution in [0.15, 0.2) is 36.5 Å². The Morgan fingerprint density at radius 2 is 1.83 bits per heavy atom. The number of anilines is 2. The van der Waals surface area contributed by atoms with E-state index in [1.165, 1.54) is 18.3 Å². The molecule has 0 amide bonds. The fourth-order valence-corrected chi connectivity index (χ4v) is 5.30. The Morgan fingerprint density at radius 1 is 1.07 bits per heavy atom. The van der Waals surface area contributed by atoms with Crippen LogP contribution in [-0.4, -0.2) is 23.6 Å². The van der Waals surface area contributed by atoms with Crippen LogP contribution in [-0.2, 0) is 10.0 Å². The quantitative estimate of drug-likeness (QED) is 0.661. The molecule has 4 rings (SSSR count). The maximum Gasteiger partial charge on any atom is 0.235 e. The van der Waals surface area contributed by atoms with E-state index < -0.39 is 26.9 Å². The standard InChI is InChI=1S/C20H20F2N4O2S/c21-15-7-9-17(26-29(27,28)14-4-2-1-3-5-14)19(22)18(15)12-6-8-16-13(10-12)11-24-20(23)25-16/h6-11,14,26H,1-5H2,(H2,23,24,25). The molecule has 0 aliphatic heterocycles. The van der Waals surface area contributed by atoms with Gasteiger partial charge in [-0.05, 0) is 42.7 Å². The highest BCUT2D eigenvalue weighted by Gasteiger charge is 2.28. The molecule has 3 N–H and O–H groups in total. The molecule has 0 spiro atoms. The van der Waals surface area contributed by atoms with E-state index in [0.717, 1.165) is 31.4 Å². The molecule has 0 unspecified atom stereocenters. The predicted octanol–water partition coefficient (Wildman–Crippen LogP) is 4.23. The molecule has 0 saturated heterocycles. The minimum absolute atomic E-state index is 0.0988. The topological polar surface area (TPSA) is 98.0 Å². The molecule has 29 heavy (non-hydrogen) atoms. The van der Waals surface area contributed by atoms with Gasteiger partial charge in [0, 0.05) is 11.6 Å². The zero-order valence-electron chi connectivity index (χ0n) is 15.5. The zero-order valence-corrected chi connectivity index (χ0v) is 16.3. The molecule has 0 bridgehead atoms. The van der Waals surface area contributed by atoms with E-state index >= 15 is 4.39 Å². The van der Waals surface area contributed by atoms with E-state index in [-0.39, 0.29) is 22.8 Å². The van der Waals surface area contributed by atoms with Crippen molar-refractivity contribution in [1.82, 2.24) is 9.97 Å². The second-order valence-electron chi connectivity index (χ2n) is 7.19. The van der Waals surface area contributed by atoms with Gasteiger partial charge in [-0.2, -0.15) is 0 Å². The van der Waals surface area contributed by atoms with E-state index in [0.29, 0.717) is 23.7 Å². The number of sulfonamides is 1. The molecule has 1 heterocycles. The molecule has 0 atom stereocenters. The Balaban J connectivity index is 1.73. The number of hydrogen-bond acceptors (Lipinski definition) is 5. The summed E-state index contributed by atoms with van der Waals surface area (Å²) in [5.41, 5.74) is 5.77. The first-order valence-electron chi connectivity index (χ1n) is 9.37. The number of nitrogen functional groups attached to an aromatic ring is 1. The summed E-state index contributed by atoms with van der Waals surface area (Å²) in [4.78, 5) is 7.95. The van der Waals surface area contributed by atoms with Crippen molar-refractivity contribution in [3.63, 3.8) is 0 Å². The van der Waals surface area contributed by atoms with E-state index in [2.05, 4.69) is 14.7 Å². The van der Waals surface area contributed by atoms with Gasteiger partial charge in [0.2, 0.25) is 16.0 Å². The summed E-state index contributed by atoms with van der Waals surface area (Å²) in [6, 6.07) is 6.80. The highest BCUT2D eigenvalue weighted by atomic mass is 32.2. The van der Waals surface area contributed by atoms with Gasteiger partial charge in [0.1, 0.15) is 5.82 Å². The first-order chi connectivity index (χ1) is 13.8. The zero-order chi connectivity index (χ0) is 20.6. The highest BCUT2D eigenvalue weighted by Crippen LogP contribution is 2.34. The summed E-state index contributed by atoms with van der Waals surface area (Å²) in [6.45, 7) is 0. The smallest absolute Gasteiger partial charge is 0.235 e. The normalized spacial score (nSPS) is 15.5. The molecular weight excluding hydrogens is 398 g/mol. The van der Waals surface area contributed by atoms with Gasteiger partial charge in [0.15, 0.2) is 5.82 Å². The molecule has 2 aromatic carbocycles. The highest BCUT2D eigenvalue weighted by molar-refractivity contribution is 7.93. The maximum atomic E-state index is 15.2. The lowest BCUT2D eigenvalue weighted by atomic mass is 10.0. The second-order valence-corrected chi connectivity index (χ2v) is 9.15. The largest absolute Gasteiger partial charge is 0.368 e. The predicted molar refractivity (Wildman–Crippen MR) is 109 cm³/mol. The number of benzene rings is 2. The van der Waals surface area contributed by atoms with Crippen molar-refractivity contribution >= 4 is 32.6 Å². The molecule has 1 aliphatic rings. The van der Waals surface area contributed by atoms with Crippen LogP contribution in [0.25, 0.3) is 22.0 Å². The van der Waals surface area contributed by atoms with E-state index in [4.69, 9.17) is 5.73 Å². The fourth-order valence-electron chi connectivity index (χ4n) is 3.71. The summed E-state index contributed by atoms with van der Waals surface area (Å²) in [6.07, 6.45) is 5.20. The van der Waals surface area contributed by atoms with Crippen LogP contribution in [0.1, 0.15) is 32.1 Å². The van der Waals surface area contributed by atoms with Crippen molar-refractivity contribution in [2.75, 3.05) is 10.5 Å². The van der Waals surface area contributed by atoms with Crippen LogP contribution in [0.3, 0.4) is 0 Å². The molecule has 0 radical (unpaired) electrons. The lowest BCUT2D eigenvalue weighted by Crippen LogP contribution is -2.30. The van der Waals surface area contributed by atoms with Gasteiger partial charge in [-0.3, -0.25) is 4.72 Å². The number of fused-ring (bicyclic) bond motifs is 1. The van der Waals surface area contributed by atoms with Crippen molar-refractivity contribution in [2.24, 2.45) is 0 Å². The van der Waals surface area contributed by atoms with Gasteiger partial charge >= 0.3 is 0 Å². The van der Waals surface area contributed by atoms with Crippen molar-refractivity contribution in [2.45, 2.75) is 37.4 Å². The Bertz CT molecular complexity index is 1180. The van der Waals surface area contributed by atoms with Crippen molar-refractivity contribution in [1.29, 1.82) is 0 Å². The van der Waals surface area contributed by atoms with Gasteiger partial charge in [0.05, 0.1) is 22.0 Å². The lowest BCUT2D eigenvalue weighted by Gasteiger charge is -2.23. The van der Waals surface area contributed by atoms with Crippen LogP contribution < -0.4 is 10.5 Å². The van der Waals surface area contributed by atoms with Crippen LogP contribution in [0.4, 0.5) is 20.4 Å². The molecule has 1 fully saturated rings. The van der Waals surface area contributed by atoms with E-state index in [1.54, 1.807) is 6.07 Å². The number of nitrogens with one attached hydrogen (secondary N) is 1. The van der Waals surface area contributed by atoms with Crippen molar-refractivity contribution < 1.29 is 17.2 Å². The second kappa shape index (κ2) is 7.55. The monoisotopic (exact) mass is 418 g/mol. The van der Waals surface area contributed by atoms with Gasteiger partial charge in [-0.15, -0.1) is 0 Å². The molecule has 152 valence electrons. The maximum absolute atomic E-state index is 15.2. The molecule has 9 heteroatoms. The third kappa shape index (κ3) is 3.87. The summed E-state index contributed by atoms with van der Waals surface area (Å²) < 4.78 is 57.3. The van der Waals surface area contributed by atoms with Crippen molar-refractivity contribution in [3.8, 4) is 11.1 Å². The summed E-state index contributed by atoms with van der Waals surface area (Å²) in [5, 5.41) is -0.00359. The van der Waals surface area contributed by atoms with Crippen LogP contribution >= 0.6 is 0 Å². The SMILES string of the molecule is Nc1ncc2cc(-c3c(F)ccc(NS(=O)(=O)C4CCCCC4)c3F)ccc2n1. The molecule has 1 aromatic heterocycles. The van der Waals surface area contributed by atoms with E-state index in [1.807, 2.05) is 0 Å². The average Bonchev–Trinajstić information content (AvgIpc) is 2.71. The first-order valence-corrected chi connectivity index (χ1v) is 10.9. The number of nitrogens with zero attached hydrogens (tertiary/aromatic N) is 2. The lowest BCUT2D eigenvalue weighted by molar-refractivity contribution is 0.486. The Kier molecular flexibility index (Phi) is 5.08. The number of nitrogens with two attached hydrogens (primary N) is 1. The Hall–Kier alpha value is -2.81. The van der Waals surface area contributed by atoms with Crippen LogP contribution in [0.2, 0.25) is 0 Å². The third-order valence-corrected chi connectivity index (χ3v) is 7.07. The van der Waals surface area contributed by atoms with Gasteiger partial charge in [-0.25, -0.2) is 27.2 Å². The summed E-state index contributed by atoms with van der Waals surface area (Å²) in [5.74, 6) is -1.65. The molecule has 6 nitrogen and oxygen atoms in total. The minimum atomic E-state index is -3.76. The number of aromatic nitrogens is 2. The molecule has 1 aliphatic carbocycles. The van der Waals surface area contributed by atoms with Gasteiger partial charge < -0.3 is 5.73 Å². The third-order valence-electron chi connectivity index (χ3n) is 5.22. The molecular formula is C20H20F2N4O2S. The molecule has 1 saturated carbocycles. The first kappa shape index (κ1) is 19.5. The van der Waals surface area contributed by atoms with Crippen LogP contribution in [0.5, 0.6) is 0 Å². The average molecular weight is 418 g/mol. The summed E-state index contributed by atoms with van der Waals surface area (Å²) >= 11 is 0. The number of halogens is 2. The number of rotatable bonds is 4. The fraction of sp³-hybridized carbons (Fsp3) is 0.300. The van der Waals surface area contributed by atoms with Gasteiger partial charge in [-0.1, -0.05) is 25.3 Å². The summed E-state index contributed by atoms with van der Waals surface area (Å²) in [7, 11) is -3.76. The van der Waals surface area contributed by atoms with Crippen LogP contribution in [0, 0.1) is 11.6 Å². The Morgan fingerprint density at radius 3 is 2.59 bits per heavy atom. The number of hydrogen-bond donors (Lipinski definition) is 2. The van der Waals surface area contributed by atoms with E-state index in [9.17, 15) is 12.8 Å². The minimum Gasteiger partial charge on any atom is -0.368 e. The van der Waals surface area contributed by atoms with Gasteiger partial charge in [0.25, 0.3) is 0 Å². The molecule has 3 aromatic rings. The van der Waals surface area contributed by atoms with Crippen molar-refractivity contribution in [3.05, 3.63) is 48.2 Å². The Labute approximate surface area is 167 Å².